The van der Waals surface area contributed by atoms with Crippen molar-refractivity contribution in [2.24, 2.45) is 13.0 Å². The van der Waals surface area contributed by atoms with Crippen molar-refractivity contribution in [2.45, 2.75) is 52.0 Å². The first-order valence-corrected chi connectivity index (χ1v) is 8.65. The molecule has 1 N–H and O–H groups in total. The van der Waals surface area contributed by atoms with Crippen LogP contribution in [-0.4, -0.2) is 37.7 Å². The molecule has 0 bridgehead atoms. The Kier molecular flexibility index (Phi) is 4.57. The molecule has 0 amide bonds. The Labute approximate surface area is 139 Å². The van der Waals surface area contributed by atoms with Crippen molar-refractivity contribution in [1.82, 2.24) is 24.6 Å². The molecule has 5 nitrogen and oxygen atoms in total. The lowest BCUT2D eigenvalue weighted by molar-refractivity contribution is 0.164. The van der Waals surface area contributed by atoms with E-state index in [1.165, 1.54) is 36.5 Å². The van der Waals surface area contributed by atoms with Crippen molar-refractivity contribution < 1.29 is 0 Å². The SMILES string of the molecule is Cn1ccnc1C[C@H]1CCCN(Cc2cn[nH]c2C(C)(C)C)C1. The predicted molar refractivity (Wildman–Crippen MR) is 92.2 cm³/mol. The molecule has 3 rings (SSSR count). The fourth-order valence-electron chi connectivity index (χ4n) is 3.63. The van der Waals surface area contributed by atoms with Gasteiger partial charge in [-0.25, -0.2) is 4.98 Å². The van der Waals surface area contributed by atoms with Crippen LogP contribution in [0.4, 0.5) is 0 Å². The molecule has 0 spiro atoms. The Hall–Kier alpha value is -1.62. The van der Waals surface area contributed by atoms with Crippen molar-refractivity contribution >= 4 is 0 Å². The van der Waals surface area contributed by atoms with Crippen LogP contribution in [0.15, 0.2) is 18.6 Å². The van der Waals surface area contributed by atoms with Gasteiger partial charge in [0.15, 0.2) is 0 Å². The van der Waals surface area contributed by atoms with E-state index < -0.39 is 0 Å². The second kappa shape index (κ2) is 6.48. The first-order chi connectivity index (χ1) is 10.9. The van der Waals surface area contributed by atoms with E-state index in [0.29, 0.717) is 5.92 Å². The molecule has 0 radical (unpaired) electrons. The number of nitrogens with one attached hydrogen (secondary N) is 1. The Balaban J connectivity index is 1.63. The standard InChI is InChI=1S/C18H29N5/c1-18(2,3)17-15(11-20-21-17)13-23-8-5-6-14(12-23)10-16-19-7-9-22(16)4/h7,9,11,14H,5-6,8,10,12-13H2,1-4H3,(H,20,21)/t14-/m1/s1. The summed E-state index contributed by atoms with van der Waals surface area (Å²) < 4.78 is 2.15. The third-order valence-corrected chi connectivity index (χ3v) is 4.86. The van der Waals surface area contributed by atoms with Crippen LogP contribution in [-0.2, 0) is 25.4 Å². The number of aromatic nitrogens is 4. The number of piperidine rings is 1. The van der Waals surface area contributed by atoms with E-state index in [9.17, 15) is 0 Å². The first-order valence-electron chi connectivity index (χ1n) is 8.65. The maximum atomic E-state index is 4.49. The van der Waals surface area contributed by atoms with E-state index in [-0.39, 0.29) is 5.41 Å². The minimum Gasteiger partial charge on any atom is -0.338 e. The summed E-state index contributed by atoms with van der Waals surface area (Å²) >= 11 is 0. The fraction of sp³-hybridized carbons (Fsp3) is 0.667. The smallest absolute Gasteiger partial charge is 0.108 e. The molecule has 2 aromatic rings. The number of aryl methyl sites for hydroxylation is 1. The van der Waals surface area contributed by atoms with Crippen molar-refractivity contribution in [1.29, 1.82) is 0 Å². The lowest BCUT2D eigenvalue weighted by atomic mass is 9.89. The van der Waals surface area contributed by atoms with E-state index in [2.05, 4.69) is 52.5 Å². The zero-order valence-corrected chi connectivity index (χ0v) is 14.8. The van der Waals surface area contributed by atoms with Gasteiger partial charge in [0.25, 0.3) is 0 Å². The van der Waals surface area contributed by atoms with Crippen LogP contribution < -0.4 is 0 Å². The van der Waals surface area contributed by atoms with Gasteiger partial charge >= 0.3 is 0 Å². The average Bonchev–Trinajstić information content (AvgIpc) is 3.09. The summed E-state index contributed by atoms with van der Waals surface area (Å²) in [5.41, 5.74) is 2.73. The molecule has 2 aromatic heterocycles. The number of nitrogens with zero attached hydrogens (tertiary/aromatic N) is 4. The van der Waals surface area contributed by atoms with Crippen LogP contribution in [0.25, 0.3) is 0 Å². The summed E-state index contributed by atoms with van der Waals surface area (Å²) in [6.45, 7) is 10.1. The number of hydrogen-bond acceptors (Lipinski definition) is 3. The molecule has 0 aromatic carbocycles. The highest BCUT2D eigenvalue weighted by molar-refractivity contribution is 5.23. The molecule has 23 heavy (non-hydrogen) atoms. The second-order valence-electron chi connectivity index (χ2n) is 7.92. The van der Waals surface area contributed by atoms with Crippen molar-refractivity contribution in [2.75, 3.05) is 13.1 Å². The number of rotatable bonds is 4. The quantitative estimate of drug-likeness (QED) is 0.944. The largest absolute Gasteiger partial charge is 0.338 e. The summed E-state index contributed by atoms with van der Waals surface area (Å²) in [7, 11) is 2.09. The van der Waals surface area contributed by atoms with Gasteiger partial charge in [0.2, 0.25) is 0 Å². The number of likely N-dealkylation sites (tertiary alicyclic amines) is 1. The maximum absolute atomic E-state index is 4.49. The highest BCUT2D eigenvalue weighted by Crippen LogP contribution is 2.26. The summed E-state index contributed by atoms with van der Waals surface area (Å²) in [6, 6.07) is 0. The van der Waals surface area contributed by atoms with Crippen molar-refractivity contribution in [3.63, 3.8) is 0 Å². The Bertz CT molecular complexity index is 634. The number of H-pyrrole nitrogens is 1. The number of imidazole rings is 1. The molecular formula is C18H29N5. The minimum atomic E-state index is 0.119. The Morgan fingerprint density at radius 2 is 2.17 bits per heavy atom. The average molecular weight is 315 g/mol. The first kappa shape index (κ1) is 16.2. The molecule has 1 saturated heterocycles. The maximum Gasteiger partial charge on any atom is 0.108 e. The monoisotopic (exact) mass is 315 g/mol. The van der Waals surface area contributed by atoms with Crippen LogP contribution in [0.2, 0.25) is 0 Å². The molecule has 126 valence electrons. The molecular weight excluding hydrogens is 286 g/mol. The Morgan fingerprint density at radius 1 is 1.35 bits per heavy atom. The van der Waals surface area contributed by atoms with Gasteiger partial charge in [-0.15, -0.1) is 0 Å². The van der Waals surface area contributed by atoms with Crippen LogP contribution in [0.3, 0.4) is 0 Å². The lowest BCUT2D eigenvalue weighted by Crippen LogP contribution is -2.36. The summed E-state index contributed by atoms with van der Waals surface area (Å²) in [5, 5.41) is 7.48. The Morgan fingerprint density at radius 3 is 2.87 bits per heavy atom. The van der Waals surface area contributed by atoms with Gasteiger partial charge in [-0.1, -0.05) is 20.8 Å². The van der Waals surface area contributed by atoms with Gasteiger partial charge in [-0.2, -0.15) is 5.10 Å². The van der Waals surface area contributed by atoms with Gasteiger partial charge in [0, 0.05) is 55.6 Å². The second-order valence-corrected chi connectivity index (χ2v) is 7.92. The van der Waals surface area contributed by atoms with E-state index in [1.54, 1.807) is 0 Å². The third kappa shape index (κ3) is 3.83. The van der Waals surface area contributed by atoms with Crippen LogP contribution in [0.5, 0.6) is 0 Å². The summed E-state index contributed by atoms with van der Waals surface area (Å²) in [6.07, 6.45) is 9.60. The molecule has 5 heteroatoms. The summed E-state index contributed by atoms with van der Waals surface area (Å²) in [4.78, 5) is 7.07. The molecule has 0 aliphatic carbocycles. The zero-order valence-electron chi connectivity index (χ0n) is 14.8. The fourth-order valence-corrected chi connectivity index (χ4v) is 3.63. The molecule has 1 aliphatic rings. The van der Waals surface area contributed by atoms with Crippen LogP contribution in [0, 0.1) is 5.92 Å². The molecule has 0 saturated carbocycles. The summed E-state index contributed by atoms with van der Waals surface area (Å²) in [5.74, 6) is 1.91. The highest BCUT2D eigenvalue weighted by Gasteiger charge is 2.25. The van der Waals surface area contributed by atoms with E-state index in [0.717, 1.165) is 19.5 Å². The zero-order chi connectivity index (χ0) is 16.4. The van der Waals surface area contributed by atoms with Crippen LogP contribution in [0.1, 0.15) is 50.7 Å². The molecule has 1 fully saturated rings. The van der Waals surface area contributed by atoms with Gasteiger partial charge in [0.1, 0.15) is 5.82 Å². The van der Waals surface area contributed by atoms with Gasteiger partial charge in [0.05, 0.1) is 6.20 Å². The number of hydrogen-bond donors (Lipinski definition) is 1. The molecule has 1 aliphatic heterocycles. The van der Waals surface area contributed by atoms with Crippen molar-refractivity contribution in [3.8, 4) is 0 Å². The van der Waals surface area contributed by atoms with Crippen LogP contribution >= 0.6 is 0 Å². The van der Waals surface area contributed by atoms with E-state index in [1.807, 2.05) is 18.6 Å². The topological polar surface area (TPSA) is 49.7 Å². The normalized spacial score (nSPS) is 20.1. The van der Waals surface area contributed by atoms with Gasteiger partial charge in [-0.3, -0.25) is 10.00 Å². The number of aromatic amines is 1. The predicted octanol–water partition coefficient (Wildman–Crippen LogP) is 2.90. The minimum absolute atomic E-state index is 0.119. The molecule has 1 atom stereocenters. The molecule has 3 heterocycles. The van der Waals surface area contributed by atoms with Gasteiger partial charge < -0.3 is 4.57 Å². The molecule has 0 unspecified atom stereocenters. The lowest BCUT2D eigenvalue weighted by Gasteiger charge is -2.33. The van der Waals surface area contributed by atoms with E-state index >= 15 is 0 Å². The van der Waals surface area contributed by atoms with E-state index in [4.69, 9.17) is 0 Å². The highest BCUT2D eigenvalue weighted by atomic mass is 15.2. The third-order valence-electron chi connectivity index (χ3n) is 4.86. The van der Waals surface area contributed by atoms with Gasteiger partial charge in [-0.05, 0) is 25.3 Å². The van der Waals surface area contributed by atoms with Crippen molar-refractivity contribution in [3.05, 3.63) is 35.7 Å².